The zero-order valence-electron chi connectivity index (χ0n) is 13.3. The van der Waals surface area contributed by atoms with Crippen LogP contribution in [0.1, 0.15) is 75.5 Å². The first-order valence-electron chi connectivity index (χ1n) is 8.28. The average Bonchev–Trinajstić information content (AvgIpc) is 2.46. The molecule has 0 spiro atoms. The zero-order valence-corrected chi connectivity index (χ0v) is 13.3. The van der Waals surface area contributed by atoms with E-state index in [2.05, 4.69) is 32.2 Å². The minimum Gasteiger partial charge on any atom is -0.311 e. The molecule has 3 heteroatoms. The van der Waals surface area contributed by atoms with Crippen molar-refractivity contribution in [1.82, 2.24) is 15.3 Å². The molecular formula is C17H29N3. The Balaban J connectivity index is 2.00. The molecule has 1 N–H and O–H groups in total. The zero-order chi connectivity index (χ0) is 14.4. The molecule has 1 fully saturated rings. The van der Waals surface area contributed by atoms with Crippen LogP contribution < -0.4 is 5.32 Å². The Morgan fingerprint density at radius 3 is 2.55 bits per heavy atom. The SMILES string of the molecule is CCCC1CCC(c2nc(C)cc(CNCC)n2)CC1. The molecule has 0 saturated heterocycles. The fourth-order valence-electron chi connectivity index (χ4n) is 3.30. The second kappa shape index (κ2) is 7.72. The maximum Gasteiger partial charge on any atom is 0.131 e. The van der Waals surface area contributed by atoms with Crippen LogP contribution in [0.25, 0.3) is 0 Å². The van der Waals surface area contributed by atoms with Gasteiger partial charge in [0.15, 0.2) is 0 Å². The summed E-state index contributed by atoms with van der Waals surface area (Å²) in [5.41, 5.74) is 2.25. The first kappa shape index (κ1) is 15.4. The number of aryl methyl sites for hydroxylation is 1. The van der Waals surface area contributed by atoms with Crippen LogP contribution in [-0.2, 0) is 6.54 Å². The molecule has 0 aromatic carbocycles. The highest BCUT2D eigenvalue weighted by Gasteiger charge is 2.24. The monoisotopic (exact) mass is 275 g/mol. The lowest BCUT2D eigenvalue weighted by atomic mass is 9.79. The average molecular weight is 275 g/mol. The van der Waals surface area contributed by atoms with Gasteiger partial charge in [0.2, 0.25) is 0 Å². The highest BCUT2D eigenvalue weighted by Crippen LogP contribution is 2.36. The Hall–Kier alpha value is -0.960. The van der Waals surface area contributed by atoms with Crippen molar-refractivity contribution in [2.24, 2.45) is 5.92 Å². The molecule has 0 bridgehead atoms. The van der Waals surface area contributed by atoms with E-state index in [0.717, 1.165) is 36.2 Å². The lowest BCUT2D eigenvalue weighted by Crippen LogP contribution is -2.18. The molecule has 0 atom stereocenters. The van der Waals surface area contributed by atoms with Crippen molar-refractivity contribution in [3.05, 3.63) is 23.3 Å². The van der Waals surface area contributed by atoms with Gasteiger partial charge in [-0.05, 0) is 51.1 Å². The summed E-state index contributed by atoms with van der Waals surface area (Å²) in [4.78, 5) is 9.49. The van der Waals surface area contributed by atoms with E-state index < -0.39 is 0 Å². The number of nitrogens with one attached hydrogen (secondary N) is 1. The molecule has 2 rings (SSSR count). The molecule has 112 valence electrons. The van der Waals surface area contributed by atoms with E-state index in [4.69, 9.17) is 9.97 Å². The third kappa shape index (κ3) is 4.27. The summed E-state index contributed by atoms with van der Waals surface area (Å²) in [5.74, 6) is 2.62. The molecule has 0 unspecified atom stereocenters. The van der Waals surface area contributed by atoms with Crippen LogP contribution in [0.3, 0.4) is 0 Å². The van der Waals surface area contributed by atoms with E-state index in [1.807, 2.05) is 0 Å². The number of nitrogens with zero attached hydrogens (tertiary/aromatic N) is 2. The number of hydrogen-bond donors (Lipinski definition) is 1. The molecule has 1 aliphatic carbocycles. The van der Waals surface area contributed by atoms with Gasteiger partial charge in [-0.25, -0.2) is 9.97 Å². The third-order valence-electron chi connectivity index (χ3n) is 4.39. The van der Waals surface area contributed by atoms with Gasteiger partial charge in [-0.15, -0.1) is 0 Å². The second-order valence-corrected chi connectivity index (χ2v) is 6.15. The molecule has 0 amide bonds. The van der Waals surface area contributed by atoms with Crippen LogP contribution in [0.2, 0.25) is 0 Å². The summed E-state index contributed by atoms with van der Waals surface area (Å²) in [5, 5.41) is 3.36. The van der Waals surface area contributed by atoms with Crippen molar-refractivity contribution in [2.75, 3.05) is 6.54 Å². The minimum absolute atomic E-state index is 0.586. The predicted molar refractivity (Wildman–Crippen MR) is 83.8 cm³/mol. The van der Waals surface area contributed by atoms with Crippen LogP contribution in [0, 0.1) is 12.8 Å². The Morgan fingerprint density at radius 1 is 1.15 bits per heavy atom. The Morgan fingerprint density at radius 2 is 1.90 bits per heavy atom. The van der Waals surface area contributed by atoms with Crippen molar-refractivity contribution in [3.63, 3.8) is 0 Å². The number of hydrogen-bond acceptors (Lipinski definition) is 3. The molecule has 1 saturated carbocycles. The van der Waals surface area contributed by atoms with E-state index in [9.17, 15) is 0 Å². The third-order valence-corrected chi connectivity index (χ3v) is 4.39. The molecule has 1 aromatic heterocycles. The van der Waals surface area contributed by atoms with Gasteiger partial charge in [-0.2, -0.15) is 0 Å². The van der Waals surface area contributed by atoms with Crippen LogP contribution in [0.4, 0.5) is 0 Å². The molecule has 0 radical (unpaired) electrons. The summed E-state index contributed by atoms with van der Waals surface area (Å²) in [6.45, 7) is 8.36. The molecule has 0 aliphatic heterocycles. The van der Waals surface area contributed by atoms with Gasteiger partial charge in [-0.3, -0.25) is 0 Å². The van der Waals surface area contributed by atoms with Gasteiger partial charge in [0.05, 0.1) is 5.69 Å². The molecule has 1 heterocycles. The van der Waals surface area contributed by atoms with Crippen molar-refractivity contribution in [2.45, 2.75) is 71.8 Å². The summed E-state index contributed by atoms with van der Waals surface area (Å²) in [7, 11) is 0. The summed E-state index contributed by atoms with van der Waals surface area (Å²) >= 11 is 0. The van der Waals surface area contributed by atoms with Gasteiger partial charge in [-0.1, -0.05) is 26.7 Å². The van der Waals surface area contributed by atoms with Crippen molar-refractivity contribution in [3.8, 4) is 0 Å². The molecular weight excluding hydrogens is 246 g/mol. The molecule has 20 heavy (non-hydrogen) atoms. The first-order chi connectivity index (χ1) is 9.72. The summed E-state index contributed by atoms with van der Waals surface area (Å²) in [6, 6.07) is 2.11. The van der Waals surface area contributed by atoms with Gasteiger partial charge in [0.1, 0.15) is 5.82 Å². The Labute approximate surface area is 123 Å². The minimum atomic E-state index is 0.586. The van der Waals surface area contributed by atoms with Crippen LogP contribution in [-0.4, -0.2) is 16.5 Å². The molecule has 3 nitrogen and oxygen atoms in total. The van der Waals surface area contributed by atoms with Crippen LogP contribution in [0.5, 0.6) is 0 Å². The second-order valence-electron chi connectivity index (χ2n) is 6.15. The van der Waals surface area contributed by atoms with Crippen molar-refractivity contribution in [1.29, 1.82) is 0 Å². The van der Waals surface area contributed by atoms with Gasteiger partial charge < -0.3 is 5.32 Å². The molecule has 1 aliphatic rings. The van der Waals surface area contributed by atoms with E-state index in [-0.39, 0.29) is 0 Å². The fraction of sp³-hybridized carbons (Fsp3) is 0.765. The van der Waals surface area contributed by atoms with E-state index >= 15 is 0 Å². The summed E-state index contributed by atoms with van der Waals surface area (Å²) < 4.78 is 0. The smallest absolute Gasteiger partial charge is 0.131 e. The maximum atomic E-state index is 4.79. The summed E-state index contributed by atoms with van der Waals surface area (Å²) in [6.07, 6.45) is 7.98. The predicted octanol–water partition coefficient (Wildman–Crippen LogP) is 3.97. The lowest BCUT2D eigenvalue weighted by molar-refractivity contribution is 0.301. The lowest BCUT2D eigenvalue weighted by Gasteiger charge is -2.27. The van der Waals surface area contributed by atoms with E-state index in [1.165, 1.54) is 38.5 Å². The quantitative estimate of drug-likeness (QED) is 0.853. The highest BCUT2D eigenvalue weighted by molar-refractivity contribution is 5.12. The van der Waals surface area contributed by atoms with E-state index in [1.54, 1.807) is 0 Å². The molecule has 1 aromatic rings. The first-order valence-corrected chi connectivity index (χ1v) is 8.28. The standard InChI is InChI=1S/C17H29N3/c1-4-6-14-7-9-15(10-8-14)17-19-13(3)11-16(20-17)12-18-5-2/h11,14-15,18H,4-10,12H2,1-3H3. The highest BCUT2D eigenvalue weighted by atomic mass is 14.9. The van der Waals surface area contributed by atoms with Crippen LogP contribution in [0.15, 0.2) is 6.07 Å². The largest absolute Gasteiger partial charge is 0.311 e. The van der Waals surface area contributed by atoms with Crippen molar-refractivity contribution < 1.29 is 0 Å². The topological polar surface area (TPSA) is 37.8 Å². The Kier molecular flexibility index (Phi) is 5.96. The maximum absolute atomic E-state index is 4.79. The number of aromatic nitrogens is 2. The Bertz CT molecular complexity index is 409. The van der Waals surface area contributed by atoms with Gasteiger partial charge >= 0.3 is 0 Å². The fourth-order valence-corrected chi connectivity index (χ4v) is 3.30. The van der Waals surface area contributed by atoms with E-state index in [0.29, 0.717) is 5.92 Å². The number of rotatable bonds is 6. The normalized spacial score (nSPS) is 22.9. The van der Waals surface area contributed by atoms with Gasteiger partial charge in [0.25, 0.3) is 0 Å². The van der Waals surface area contributed by atoms with Crippen molar-refractivity contribution >= 4 is 0 Å². The van der Waals surface area contributed by atoms with Gasteiger partial charge in [0, 0.05) is 18.2 Å². The van der Waals surface area contributed by atoms with Crippen LogP contribution >= 0.6 is 0 Å².